The molecule has 0 bridgehead atoms. The van der Waals surface area contributed by atoms with Crippen molar-refractivity contribution in [1.82, 2.24) is 19.8 Å². The van der Waals surface area contributed by atoms with Gasteiger partial charge >= 0.3 is 0 Å². The molecule has 1 fully saturated rings. The number of allylic oxidation sites excluding steroid dienone is 2. The van der Waals surface area contributed by atoms with E-state index in [1.165, 1.54) is 16.7 Å². The van der Waals surface area contributed by atoms with Crippen molar-refractivity contribution >= 4 is 63.1 Å². The number of hydrogen-bond acceptors (Lipinski definition) is 7. The Kier molecular flexibility index (Phi) is 8.86. The molecule has 5 rings (SSSR count). The van der Waals surface area contributed by atoms with Crippen LogP contribution in [0.2, 0.25) is 15.1 Å². The SMILES string of the molecule is C=CC(=O)N1CCN(c2c(C#N)c(=O)n(C3=C(C)C=CNC3C(C)C)c3nc(-c4c(F)c(Cl)c(F)c(O)c4Cl)c(Cl)cc23)CC1. The van der Waals surface area contributed by atoms with Gasteiger partial charge in [-0.3, -0.25) is 14.2 Å². The third kappa shape index (κ3) is 5.31. The number of aromatic nitrogens is 2. The maximum absolute atomic E-state index is 15.5. The molecule has 2 aromatic heterocycles. The van der Waals surface area contributed by atoms with Gasteiger partial charge in [-0.1, -0.05) is 55.2 Å². The fourth-order valence-electron chi connectivity index (χ4n) is 5.71. The molecule has 1 atom stereocenters. The number of phenols is 1. The normalized spacial score (nSPS) is 16.8. The van der Waals surface area contributed by atoms with Gasteiger partial charge < -0.3 is 20.2 Å². The zero-order valence-electron chi connectivity index (χ0n) is 24.4. The van der Waals surface area contributed by atoms with Crippen LogP contribution in [0.25, 0.3) is 28.0 Å². The zero-order valence-corrected chi connectivity index (χ0v) is 26.7. The van der Waals surface area contributed by atoms with E-state index in [2.05, 4.69) is 22.9 Å². The average molecular weight is 676 g/mol. The molecule has 234 valence electrons. The molecule has 0 aliphatic carbocycles. The predicted molar refractivity (Wildman–Crippen MR) is 172 cm³/mol. The Morgan fingerprint density at radius 3 is 2.47 bits per heavy atom. The third-order valence-corrected chi connectivity index (χ3v) is 8.95. The van der Waals surface area contributed by atoms with Gasteiger partial charge in [0.15, 0.2) is 17.4 Å². The maximum atomic E-state index is 15.5. The van der Waals surface area contributed by atoms with Crippen LogP contribution in [0.15, 0.2) is 41.4 Å². The standard InChI is InChI=1S/C31H27Cl3F2N6O3/c1-5-19(43)40-8-10-41(11-9-40)28-16-12-18(32)26(20-21(33)29(44)24(36)22(34)23(20)35)39-30(16)42(31(45)17(28)13-37)27-15(4)6-7-38-25(27)14(2)3/h5-7,12,14,25,38,44H,1,8-11H2,2-4H3. The Morgan fingerprint density at radius 2 is 1.87 bits per heavy atom. The van der Waals surface area contributed by atoms with Crippen molar-refractivity contribution in [2.24, 2.45) is 5.92 Å². The van der Waals surface area contributed by atoms with Crippen molar-refractivity contribution in [3.63, 3.8) is 0 Å². The van der Waals surface area contributed by atoms with E-state index in [0.29, 0.717) is 24.4 Å². The summed E-state index contributed by atoms with van der Waals surface area (Å²) in [6, 6.07) is 3.09. The van der Waals surface area contributed by atoms with Gasteiger partial charge in [-0.2, -0.15) is 5.26 Å². The molecular weight excluding hydrogens is 649 g/mol. The summed E-state index contributed by atoms with van der Waals surface area (Å²) >= 11 is 18.8. The molecule has 1 unspecified atom stereocenters. The molecule has 2 N–H and O–H groups in total. The van der Waals surface area contributed by atoms with Crippen LogP contribution in [-0.4, -0.2) is 57.7 Å². The lowest BCUT2D eigenvalue weighted by molar-refractivity contribution is -0.126. The molecule has 45 heavy (non-hydrogen) atoms. The van der Waals surface area contributed by atoms with Crippen LogP contribution in [0, 0.1) is 28.9 Å². The second-order valence-corrected chi connectivity index (χ2v) is 12.1. The summed E-state index contributed by atoms with van der Waals surface area (Å²) in [6.45, 7) is 10.4. The molecule has 14 heteroatoms. The van der Waals surface area contributed by atoms with Gasteiger partial charge in [-0.25, -0.2) is 13.8 Å². The second-order valence-electron chi connectivity index (χ2n) is 11.0. The minimum absolute atomic E-state index is 0.00509. The molecule has 3 aromatic rings. The number of dihydropyridines is 1. The van der Waals surface area contributed by atoms with Crippen molar-refractivity contribution in [1.29, 1.82) is 5.26 Å². The Hall–Kier alpha value is -4.11. The summed E-state index contributed by atoms with van der Waals surface area (Å²) < 4.78 is 31.2. The van der Waals surface area contributed by atoms with Crippen LogP contribution in [-0.2, 0) is 4.79 Å². The third-order valence-electron chi connectivity index (χ3n) is 7.96. The summed E-state index contributed by atoms with van der Waals surface area (Å²) in [7, 11) is 0. The first-order valence-electron chi connectivity index (χ1n) is 13.9. The van der Waals surface area contributed by atoms with Gasteiger partial charge in [-0.15, -0.1) is 0 Å². The van der Waals surface area contributed by atoms with Gasteiger partial charge in [0, 0.05) is 31.6 Å². The highest BCUT2D eigenvalue weighted by Crippen LogP contribution is 2.45. The molecule has 4 heterocycles. The number of carbonyl (C=O) groups is 1. The lowest BCUT2D eigenvalue weighted by Crippen LogP contribution is -2.49. The quantitative estimate of drug-likeness (QED) is 0.191. The number of nitrogens with one attached hydrogen (secondary N) is 1. The molecule has 2 aliphatic heterocycles. The first-order chi connectivity index (χ1) is 21.3. The minimum Gasteiger partial charge on any atom is -0.504 e. The maximum Gasteiger partial charge on any atom is 0.276 e. The lowest BCUT2D eigenvalue weighted by Gasteiger charge is -2.37. The number of phenolic OH excluding ortho intramolecular Hbond substituents is 1. The van der Waals surface area contributed by atoms with Crippen LogP contribution in [0.4, 0.5) is 14.5 Å². The molecular formula is C31H27Cl3F2N6O3. The van der Waals surface area contributed by atoms with Crippen LogP contribution in [0.3, 0.4) is 0 Å². The Bertz CT molecular complexity index is 1910. The highest BCUT2D eigenvalue weighted by Gasteiger charge is 2.33. The van der Waals surface area contributed by atoms with Crippen LogP contribution >= 0.6 is 34.8 Å². The van der Waals surface area contributed by atoms with Crippen LogP contribution in [0.1, 0.15) is 26.3 Å². The molecule has 1 saturated heterocycles. The first kappa shape index (κ1) is 32.3. The predicted octanol–water partition coefficient (Wildman–Crippen LogP) is 6.09. The number of amides is 1. The Labute approximate surface area is 272 Å². The Balaban J connectivity index is 1.90. The van der Waals surface area contributed by atoms with Crippen molar-refractivity contribution in [3.8, 4) is 23.1 Å². The van der Waals surface area contributed by atoms with Gasteiger partial charge in [0.05, 0.1) is 38.7 Å². The van der Waals surface area contributed by atoms with E-state index in [1.54, 1.807) is 29.0 Å². The Morgan fingerprint density at radius 1 is 1.20 bits per heavy atom. The number of aromatic hydroxyl groups is 1. The van der Waals surface area contributed by atoms with Crippen molar-refractivity contribution in [3.05, 3.63) is 79.2 Å². The number of hydrogen-bond donors (Lipinski definition) is 2. The van der Waals surface area contributed by atoms with E-state index in [0.717, 1.165) is 0 Å². The van der Waals surface area contributed by atoms with Crippen molar-refractivity contribution < 1.29 is 18.7 Å². The van der Waals surface area contributed by atoms with Gasteiger partial charge in [0.2, 0.25) is 5.91 Å². The zero-order chi connectivity index (χ0) is 32.9. The van der Waals surface area contributed by atoms with E-state index in [-0.39, 0.29) is 57.9 Å². The van der Waals surface area contributed by atoms with E-state index < -0.39 is 44.6 Å². The van der Waals surface area contributed by atoms with Gasteiger partial charge in [0.1, 0.15) is 22.3 Å². The van der Waals surface area contributed by atoms with Gasteiger partial charge in [-0.05, 0) is 42.8 Å². The van der Waals surface area contributed by atoms with Gasteiger partial charge in [0.25, 0.3) is 5.56 Å². The topological polar surface area (TPSA) is 114 Å². The molecule has 1 amide bonds. The summed E-state index contributed by atoms with van der Waals surface area (Å²) in [5.74, 6) is -4.14. The molecule has 0 radical (unpaired) electrons. The summed E-state index contributed by atoms with van der Waals surface area (Å²) in [5.41, 5.74) is -0.298. The number of pyridine rings is 2. The smallest absolute Gasteiger partial charge is 0.276 e. The first-order valence-corrected chi connectivity index (χ1v) is 15.0. The lowest BCUT2D eigenvalue weighted by atomic mass is 9.94. The largest absolute Gasteiger partial charge is 0.504 e. The van der Waals surface area contributed by atoms with Crippen LogP contribution < -0.4 is 15.8 Å². The number of piperazine rings is 1. The number of nitrogens with zero attached hydrogens (tertiary/aromatic N) is 5. The number of halogens is 5. The molecule has 0 saturated carbocycles. The monoisotopic (exact) mass is 674 g/mol. The molecule has 2 aliphatic rings. The van der Waals surface area contributed by atoms with E-state index >= 15 is 4.39 Å². The molecule has 1 aromatic carbocycles. The van der Waals surface area contributed by atoms with Crippen LogP contribution in [0.5, 0.6) is 5.75 Å². The highest BCUT2D eigenvalue weighted by atomic mass is 35.5. The summed E-state index contributed by atoms with van der Waals surface area (Å²) in [5, 5.41) is 22.3. The number of anilines is 1. The number of carbonyl (C=O) groups excluding carboxylic acids is 1. The summed E-state index contributed by atoms with van der Waals surface area (Å²) in [4.78, 5) is 34.7. The highest BCUT2D eigenvalue weighted by molar-refractivity contribution is 6.39. The number of benzene rings is 1. The van der Waals surface area contributed by atoms with Crippen molar-refractivity contribution in [2.75, 3.05) is 31.1 Å². The summed E-state index contributed by atoms with van der Waals surface area (Å²) in [6.07, 6.45) is 4.75. The van der Waals surface area contributed by atoms with E-state index in [4.69, 9.17) is 34.8 Å². The van der Waals surface area contributed by atoms with Crippen molar-refractivity contribution in [2.45, 2.75) is 26.8 Å². The fraction of sp³-hybridized carbons (Fsp3) is 0.290. The average Bonchev–Trinajstić information content (AvgIpc) is 3.02. The molecule has 0 spiro atoms. The molecule has 9 nitrogen and oxygen atoms in total. The number of rotatable bonds is 5. The minimum atomic E-state index is -1.45. The number of fused-ring (bicyclic) bond motifs is 1. The fourth-order valence-corrected chi connectivity index (χ4v) is 6.40. The number of nitriles is 1. The van der Waals surface area contributed by atoms with E-state index in [1.807, 2.05) is 13.8 Å². The van der Waals surface area contributed by atoms with E-state index in [9.17, 15) is 24.3 Å². The second kappa shape index (κ2) is 12.4.